The fraction of sp³-hybridized carbons (Fsp3) is 0.444. The molecule has 0 aromatic heterocycles. The van der Waals surface area contributed by atoms with Gasteiger partial charge in [-0.25, -0.2) is 4.79 Å². The summed E-state index contributed by atoms with van der Waals surface area (Å²) < 4.78 is 5.16. The van der Waals surface area contributed by atoms with Crippen molar-refractivity contribution in [3.8, 4) is 5.75 Å². The topological polar surface area (TPSA) is 73.8 Å². The first kappa shape index (κ1) is 21.8. The van der Waals surface area contributed by atoms with Crippen molar-refractivity contribution in [2.24, 2.45) is 17.8 Å². The van der Waals surface area contributed by atoms with Gasteiger partial charge in [0.25, 0.3) is 0 Å². The Labute approximate surface area is 195 Å². The third-order valence-corrected chi connectivity index (χ3v) is 7.52. The zero-order valence-corrected chi connectivity index (χ0v) is 19.2. The Balaban J connectivity index is 1.14. The molecule has 6 nitrogen and oxygen atoms in total. The van der Waals surface area contributed by atoms with Gasteiger partial charge in [-0.1, -0.05) is 29.8 Å². The van der Waals surface area contributed by atoms with E-state index >= 15 is 0 Å². The standard InChI is InChI=1S/C27H33N3O3/c1-33-22-11-7-19(8-12-22)14-28-27(32)29-21-9-5-18(6-10-21)13-26(20-3-2-4-20)30-15-23-24(16-30)25(23)17-31/h5-12,23-25,31H,2-4,13-17H2,1H3,(H2,28,29,32)/t23-,24?,25?/m0/s1. The van der Waals surface area contributed by atoms with Crippen LogP contribution in [0.4, 0.5) is 10.5 Å². The number of aliphatic hydroxyl groups excluding tert-OH is 1. The molecule has 2 amide bonds. The highest BCUT2D eigenvalue weighted by Crippen LogP contribution is 2.53. The third kappa shape index (κ3) is 4.86. The van der Waals surface area contributed by atoms with E-state index in [9.17, 15) is 9.90 Å². The van der Waals surface area contributed by atoms with Gasteiger partial charge < -0.3 is 25.4 Å². The summed E-state index contributed by atoms with van der Waals surface area (Å²) in [5, 5.41) is 15.3. The number of ether oxygens (including phenoxy) is 1. The first-order valence-corrected chi connectivity index (χ1v) is 12.0. The molecule has 174 valence electrons. The third-order valence-electron chi connectivity index (χ3n) is 7.52. The number of hydrogen-bond acceptors (Lipinski definition) is 4. The molecule has 1 heterocycles. The van der Waals surface area contributed by atoms with Crippen molar-refractivity contribution in [2.75, 3.05) is 32.1 Å². The second-order valence-electron chi connectivity index (χ2n) is 9.51. The van der Waals surface area contributed by atoms with Crippen molar-refractivity contribution in [3.63, 3.8) is 0 Å². The minimum absolute atomic E-state index is 0.217. The van der Waals surface area contributed by atoms with E-state index in [-0.39, 0.29) is 6.03 Å². The smallest absolute Gasteiger partial charge is 0.319 e. The lowest BCUT2D eigenvalue weighted by Gasteiger charge is -2.31. The molecule has 2 unspecified atom stereocenters. The Morgan fingerprint density at radius 3 is 2.27 bits per heavy atom. The number of benzene rings is 2. The zero-order chi connectivity index (χ0) is 22.8. The van der Waals surface area contributed by atoms with Crippen LogP contribution >= 0.6 is 0 Å². The van der Waals surface area contributed by atoms with Crippen LogP contribution in [0.3, 0.4) is 0 Å². The SMILES string of the molecule is COc1ccc(CNC(=O)Nc2ccc(CC(=C3CCC3)N3CC4C(CO)[C@H]4C3)cc2)cc1. The van der Waals surface area contributed by atoms with Crippen LogP contribution in [-0.2, 0) is 13.0 Å². The van der Waals surface area contributed by atoms with E-state index in [0.29, 0.717) is 30.9 Å². The highest BCUT2D eigenvalue weighted by molar-refractivity contribution is 5.89. The highest BCUT2D eigenvalue weighted by Gasteiger charge is 2.55. The summed E-state index contributed by atoms with van der Waals surface area (Å²) in [6.07, 6.45) is 4.69. The number of amides is 2. The number of aliphatic hydroxyl groups is 1. The summed E-state index contributed by atoms with van der Waals surface area (Å²) in [6.45, 7) is 3.00. The van der Waals surface area contributed by atoms with Crippen molar-refractivity contribution in [1.29, 1.82) is 0 Å². The summed E-state index contributed by atoms with van der Waals surface area (Å²) in [7, 11) is 1.64. The molecule has 3 N–H and O–H groups in total. The number of methoxy groups -OCH3 is 1. The molecule has 2 aliphatic carbocycles. The number of carbonyl (C=O) groups excluding carboxylic acids is 1. The van der Waals surface area contributed by atoms with Gasteiger partial charge in [-0.3, -0.25) is 0 Å². The number of allylic oxidation sites excluding steroid dienone is 2. The molecule has 2 aromatic rings. The molecule has 1 aliphatic heterocycles. The molecule has 3 aliphatic rings. The number of piperidine rings is 1. The molecule has 5 rings (SSSR count). The molecule has 2 aromatic carbocycles. The number of hydrogen-bond donors (Lipinski definition) is 3. The molecule has 0 spiro atoms. The zero-order valence-electron chi connectivity index (χ0n) is 19.2. The van der Waals surface area contributed by atoms with Crippen LogP contribution in [-0.4, -0.2) is 42.8 Å². The monoisotopic (exact) mass is 447 g/mol. The summed E-state index contributed by atoms with van der Waals surface area (Å²) in [4.78, 5) is 14.9. The van der Waals surface area contributed by atoms with Gasteiger partial charge in [-0.05, 0) is 72.4 Å². The van der Waals surface area contributed by atoms with E-state index in [2.05, 4.69) is 27.7 Å². The van der Waals surface area contributed by atoms with Gasteiger partial charge in [0.1, 0.15) is 5.75 Å². The Bertz CT molecular complexity index is 998. The molecule has 0 bridgehead atoms. The van der Waals surface area contributed by atoms with Crippen LogP contribution < -0.4 is 15.4 Å². The van der Waals surface area contributed by atoms with Crippen molar-refractivity contribution >= 4 is 11.7 Å². The first-order valence-electron chi connectivity index (χ1n) is 12.0. The average molecular weight is 448 g/mol. The van der Waals surface area contributed by atoms with Crippen LogP contribution in [0.5, 0.6) is 5.75 Å². The molecule has 33 heavy (non-hydrogen) atoms. The summed E-state index contributed by atoms with van der Waals surface area (Å²) in [6, 6.07) is 15.6. The number of fused-ring (bicyclic) bond motifs is 1. The molecule has 0 radical (unpaired) electrons. The maximum Gasteiger partial charge on any atom is 0.319 e. The van der Waals surface area contributed by atoms with Gasteiger partial charge in [0.15, 0.2) is 0 Å². The van der Waals surface area contributed by atoms with Crippen molar-refractivity contribution in [3.05, 3.63) is 70.9 Å². The summed E-state index contributed by atoms with van der Waals surface area (Å²) >= 11 is 0. The minimum atomic E-state index is -0.217. The van der Waals surface area contributed by atoms with E-state index in [4.69, 9.17) is 4.74 Å². The number of likely N-dealkylation sites (tertiary alicyclic amines) is 1. The van der Waals surface area contributed by atoms with Crippen molar-refractivity contribution in [2.45, 2.75) is 32.2 Å². The first-order chi connectivity index (χ1) is 16.1. The van der Waals surface area contributed by atoms with Gasteiger partial charge in [0.05, 0.1) is 7.11 Å². The molecular formula is C27H33N3O3. The van der Waals surface area contributed by atoms with E-state index in [1.807, 2.05) is 36.4 Å². The van der Waals surface area contributed by atoms with Gasteiger partial charge in [-0.15, -0.1) is 0 Å². The maximum atomic E-state index is 12.3. The van der Waals surface area contributed by atoms with E-state index in [1.54, 1.807) is 12.7 Å². The Hall–Kier alpha value is -2.99. The number of nitrogens with zero attached hydrogens (tertiary/aromatic N) is 1. The van der Waals surface area contributed by atoms with Crippen molar-refractivity contribution < 1.29 is 14.6 Å². The molecule has 6 heteroatoms. The predicted molar refractivity (Wildman–Crippen MR) is 129 cm³/mol. The lowest BCUT2D eigenvalue weighted by atomic mass is 9.88. The maximum absolute atomic E-state index is 12.3. The number of anilines is 1. The van der Waals surface area contributed by atoms with Gasteiger partial charge in [0, 0.05) is 44.0 Å². The molecule has 2 saturated carbocycles. The fourth-order valence-corrected chi connectivity index (χ4v) is 5.24. The van der Waals surface area contributed by atoms with Crippen LogP contribution in [0.1, 0.15) is 30.4 Å². The normalized spacial score (nSPS) is 22.9. The number of carbonyl (C=O) groups is 1. The van der Waals surface area contributed by atoms with E-state index in [0.717, 1.165) is 36.5 Å². The van der Waals surface area contributed by atoms with Gasteiger partial charge in [-0.2, -0.15) is 0 Å². The summed E-state index contributed by atoms with van der Waals surface area (Å²) in [5.74, 6) is 2.72. The van der Waals surface area contributed by atoms with Crippen LogP contribution in [0.15, 0.2) is 59.8 Å². The summed E-state index contributed by atoms with van der Waals surface area (Å²) in [5.41, 5.74) is 6.19. The van der Waals surface area contributed by atoms with Crippen LogP contribution in [0, 0.1) is 17.8 Å². The van der Waals surface area contributed by atoms with Gasteiger partial charge >= 0.3 is 6.03 Å². The fourth-order valence-electron chi connectivity index (χ4n) is 5.24. The number of urea groups is 1. The van der Waals surface area contributed by atoms with Gasteiger partial charge in [0.2, 0.25) is 0 Å². The Kier molecular flexibility index (Phi) is 6.27. The van der Waals surface area contributed by atoms with Crippen LogP contribution in [0.2, 0.25) is 0 Å². The molecule has 1 saturated heterocycles. The molecule has 3 atom stereocenters. The van der Waals surface area contributed by atoms with E-state index < -0.39 is 0 Å². The largest absolute Gasteiger partial charge is 0.497 e. The quantitative estimate of drug-likeness (QED) is 0.568. The second kappa shape index (κ2) is 9.48. The lowest BCUT2D eigenvalue weighted by Crippen LogP contribution is -2.28. The number of nitrogens with one attached hydrogen (secondary N) is 2. The lowest BCUT2D eigenvalue weighted by molar-refractivity contribution is 0.235. The predicted octanol–water partition coefficient (Wildman–Crippen LogP) is 4.17. The average Bonchev–Trinajstić information content (AvgIpc) is 3.28. The van der Waals surface area contributed by atoms with Crippen molar-refractivity contribution in [1.82, 2.24) is 10.2 Å². The molecular weight excluding hydrogens is 414 g/mol. The number of rotatable bonds is 8. The second-order valence-corrected chi connectivity index (χ2v) is 9.51. The Morgan fingerprint density at radius 1 is 1.03 bits per heavy atom. The van der Waals surface area contributed by atoms with Crippen LogP contribution in [0.25, 0.3) is 0 Å². The van der Waals surface area contributed by atoms with E-state index in [1.165, 1.54) is 30.5 Å². The Morgan fingerprint density at radius 2 is 1.70 bits per heavy atom. The molecule has 3 fully saturated rings. The highest BCUT2D eigenvalue weighted by atomic mass is 16.5. The minimum Gasteiger partial charge on any atom is -0.497 e.